The van der Waals surface area contributed by atoms with Gasteiger partial charge in [-0.3, -0.25) is 18.7 Å². The largest absolute Gasteiger partial charge is 0.356 e. The summed E-state index contributed by atoms with van der Waals surface area (Å²) >= 11 is 0. The summed E-state index contributed by atoms with van der Waals surface area (Å²) in [6, 6.07) is 7.50. The molecule has 7 heteroatoms. The molecule has 1 aromatic heterocycles. The number of para-hydroxylation sites is 2. The number of carbonyl (C=O) groups excluding carboxylic acids is 2. The number of rotatable bonds is 4. The van der Waals surface area contributed by atoms with Crippen molar-refractivity contribution >= 4 is 22.8 Å². The molecule has 1 aliphatic rings. The molecule has 0 spiro atoms. The summed E-state index contributed by atoms with van der Waals surface area (Å²) in [4.78, 5) is 37.9. The van der Waals surface area contributed by atoms with Crippen molar-refractivity contribution in [2.24, 2.45) is 13.0 Å². The molecule has 1 saturated heterocycles. The van der Waals surface area contributed by atoms with Crippen molar-refractivity contribution in [3.63, 3.8) is 0 Å². The molecular weight excluding hydrogens is 320 g/mol. The fourth-order valence-corrected chi connectivity index (χ4v) is 3.43. The van der Waals surface area contributed by atoms with Gasteiger partial charge in [-0.1, -0.05) is 12.1 Å². The zero-order chi connectivity index (χ0) is 18.0. The Hall–Kier alpha value is -2.57. The van der Waals surface area contributed by atoms with Crippen LogP contribution in [0, 0.1) is 5.92 Å². The first-order chi connectivity index (χ1) is 12.0. The van der Waals surface area contributed by atoms with E-state index in [-0.39, 0.29) is 24.0 Å². The number of likely N-dealkylation sites (tertiary alicyclic amines) is 1. The standard InChI is InChI=1S/C18H24N4O3/c1-13(23)19-11-14-7-9-21(10-8-14)17(24)12-22-16-6-4-3-5-15(16)20(2)18(22)25/h3-6,14H,7-12H2,1-2H3,(H,19,23). The quantitative estimate of drug-likeness (QED) is 0.888. The van der Waals surface area contributed by atoms with Crippen LogP contribution in [0.15, 0.2) is 29.1 Å². The van der Waals surface area contributed by atoms with Gasteiger partial charge in [0.1, 0.15) is 6.54 Å². The summed E-state index contributed by atoms with van der Waals surface area (Å²) in [5.74, 6) is 0.360. The molecule has 1 N–H and O–H groups in total. The first kappa shape index (κ1) is 17.3. The summed E-state index contributed by atoms with van der Waals surface area (Å²) < 4.78 is 3.11. The molecule has 2 amide bonds. The van der Waals surface area contributed by atoms with E-state index in [1.54, 1.807) is 16.2 Å². The monoisotopic (exact) mass is 344 g/mol. The molecule has 1 fully saturated rings. The number of aryl methyl sites for hydroxylation is 1. The molecule has 0 atom stereocenters. The number of imidazole rings is 1. The number of nitrogens with one attached hydrogen (secondary N) is 1. The van der Waals surface area contributed by atoms with E-state index in [0.29, 0.717) is 25.6 Å². The van der Waals surface area contributed by atoms with Gasteiger partial charge in [0.2, 0.25) is 11.8 Å². The number of fused-ring (bicyclic) bond motifs is 1. The van der Waals surface area contributed by atoms with Gasteiger partial charge in [0.05, 0.1) is 11.0 Å². The smallest absolute Gasteiger partial charge is 0.329 e. The first-order valence-corrected chi connectivity index (χ1v) is 8.64. The van der Waals surface area contributed by atoms with Crippen LogP contribution in [0.3, 0.4) is 0 Å². The topological polar surface area (TPSA) is 76.3 Å². The molecule has 7 nitrogen and oxygen atoms in total. The molecule has 2 heterocycles. The fourth-order valence-electron chi connectivity index (χ4n) is 3.43. The molecule has 3 rings (SSSR count). The highest BCUT2D eigenvalue weighted by Crippen LogP contribution is 2.17. The normalized spacial score (nSPS) is 15.5. The van der Waals surface area contributed by atoms with Crippen molar-refractivity contribution in [2.45, 2.75) is 26.3 Å². The highest BCUT2D eigenvalue weighted by molar-refractivity contribution is 5.81. The molecule has 1 aliphatic heterocycles. The van der Waals surface area contributed by atoms with Gasteiger partial charge in [0.15, 0.2) is 0 Å². The van der Waals surface area contributed by atoms with Crippen LogP contribution in [-0.4, -0.2) is 45.5 Å². The van der Waals surface area contributed by atoms with Gasteiger partial charge >= 0.3 is 5.69 Å². The van der Waals surface area contributed by atoms with Crippen molar-refractivity contribution in [1.82, 2.24) is 19.4 Å². The maximum absolute atomic E-state index is 12.6. The molecule has 0 bridgehead atoms. The van der Waals surface area contributed by atoms with Crippen LogP contribution in [0.5, 0.6) is 0 Å². The van der Waals surface area contributed by atoms with Gasteiger partial charge in [-0.15, -0.1) is 0 Å². The number of aromatic nitrogens is 2. The minimum absolute atomic E-state index is 0.0196. The van der Waals surface area contributed by atoms with E-state index in [1.165, 1.54) is 6.92 Å². The summed E-state index contributed by atoms with van der Waals surface area (Å²) in [7, 11) is 1.72. The van der Waals surface area contributed by atoms with E-state index >= 15 is 0 Å². The summed E-state index contributed by atoms with van der Waals surface area (Å²) in [5.41, 5.74) is 1.44. The molecule has 0 saturated carbocycles. The Kier molecular flexibility index (Phi) is 4.92. The van der Waals surface area contributed by atoms with E-state index in [2.05, 4.69) is 5.32 Å². The first-order valence-electron chi connectivity index (χ1n) is 8.64. The SMILES string of the molecule is CC(=O)NCC1CCN(C(=O)Cn2c(=O)n(C)c3ccccc32)CC1. The molecular formula is C18H24N4O3. The molecule has 25 heavy (non-hydrogen) atoms. The van der Waals surface area contributed by atoms with Gasteiger partial charge in [-0.2, -0.15) is 0 Å². The number of nitrogens with zero attached hydrogens (tertiary/aromatic N) is 3. The maximum Gasteiger partial charge on any atom is 0.329 e. The number of carbonyl (C=O) groups is 2. The van der Waals surface area contributed by atoms with Crippen LogP contribution in [-0.2, 0) is 23.2 Å². The molecule has 1 aromatic carbocycles. The van der Waals surface area contributed by atoms with E-state index in [9.17, 15) is 14.4 Å². The summed E-state index contributed by atoms with van der Waals surface area (Å²) in [6.45, 7) is 3.59. The lowest BCUT2D eigenvalue weighted by atomic mass is 9.96. The molecule has 0 aliphatic carbocycles. The lowest BCUT2D eigenvalue weighted by Crippen LogP contribution is -2.43. The van der Waals surface area contributed by atoms with Gasteiger partial charge in [0.25, 0.3) is 0 Å². The van der Waals surface area contributed by atoms with E-state index in [4.69, 9.17) is 0 Å². The highest BCUT2D eigenvalue weighted by Gasteiger charge is 2.24. The molecule has 2 aromatic rings. The fraction of sp³-hybridized carbons (Fsp3) is 0.500. The minimum atomic E-state index is -0.171. The Balaban J connectivity index is 1.65. The number of benzene rings is 1. The highest BCUT2D eigenvalue weighted by atomic mass is 16.2. The molecule has 0 unspecified atom stereocenters. The minimum Gasteiger partial charge on any atom is -0.356 e. The van der Waals surface area contributed by atoms with Crippen molar-refractivity contribution < 1.29 is 9.59 Å². The van der Waals surface area contributed by atoms with Crippen molar-refractivity contribution in [1.29, 1.82) is 0 Å². The van der Waals surface area contributed by atoms with Crippen LogP contribution < -0.4 is 11.0 Å². The third-order valence-corrected chi connectivity index (χ3v) is 4.95. The van der Waals surface area contributed by atoms with Gasteiger partial charge < -0.3 is 10.2 Å². The Labute approximate surface area is 146 Å². The van der Waals surface area contributed by atoms with E-state index in [1.807, 2.05) is 29.2 Å². The second-order valence-electron chi connectivity index (χ2n) is 6.68. The summed E-state index contributed by atoms with van der Waals surface area (Å²) in [6.07, 6.45) is 1.74. The lowest BCUT2D eigenvalue weighted by Gasteiger charge is -2.32. The zero-order valence-electron chi connectivity index (χ0n) is 14.7. The Morgan fingerprint density at radius 2 is 1.80 bits per heavy atom. The van der Waals surface area contributed by atoms with Gasteiger partial charge in [-0.25, -0.2) is 4.79 Å². The van der Waals surface area contributed by atoms with Crippen LogP contribution in [0.25, 0.3) is 11.0 Å². The van der Waals surface area contributed by atoms with Crippen LogP contribution in [0.2, 0.25) is 0 Å². The average Bonchev–Trinajstić information content (AvgIpc) is 2.85. The van der Waals surface area contributed by atoms with Crippen LogP contribution >= 0.6 is 0 Å². The van der Waals surface area contributed by atoms with Crippen molar-refractivity contribution in [3.05, 3.63) is 34.7 Å². The Morgan fingerprint density at radius 3 is 2.44 bits per heavy atom. The second-order valence-corrected chi connectivity index (χ2v) is 6.68. The Morgan fingerprint density at radius 1 is 1.16 bits per heavy atom. The zero-order valence-corrected chi connectivity index (χ0v) is 14.7. The van der Waals surface area contributed by atoms with Crippen LogP contribution in [0.4, 0.5) is 0 Å². The number of amides is 2. The third-order valence-electron chi connectivity index (χ3n) is 4.95. The predicted octanol–water partition coefficient (Wildman–Crippen LogP) is 0.715. The van der Waals surface area contributed by atoms with Gasteiger partial charge in [0, 0.05) is 33.6 Å². The third kappa shape index (κ3) is 3.60. The second kappa shape index (κ2) is 7.13. The number of piperidine rings is 1. The number of hydrogen-bond acceptors (Lipinski definition) is 3. The average molecular weight is 344 g/mol. The van der Waals surface area contributed by atoms with Crippen molar-refractivity contribution in [3.8, 4) is 0 Å². The summed E-state index contributed by atoms with van der Waals surface area (Å²) in [5, 5.41) is 2.84. The van der Waals surface area contributed by atoms with Crippen LogP contribution in [0.1, 0.15) is 19.8 Å². The lowest BCUT2D eigenvalue weighted by molar-refractivity contribution is -0.133. The molecule has 0 radical (unpaired) electrons. The predicted molar refractivity (Wildman–Crippen MR) is 95.2 cm³/mol. The van der Waals surface area contributed by atoms with Crippen molar-refractivity contribution in [2.75, 3.05) is 19.6 Å². The van der Waals surface area contributed by atoms with E-state index in [0.717, 1.165) is 23.9 Å². The maximum atomic E-state index is 12.6. The van der Waals surface area contributed by atoms with E-state index < -0.39 is 0 Å². The Bertz CT molecular complexity index is 844. The number of hydrogen-bond donors (Lipinski definition) is 1. The molecule has 134 valence electrons. The van der Waals surface area contributed by atoms with Gasteiger partial charge in [-0.05, 0) is 30.9 Å².